The largest absolute Gasteiger partial charge is 0.497 e. The molecule has 6 nitrogen and oxygen atoms in total. The Hall–Kier alpha value is -2.41. The Morgan fingerprint density at radius 3 is 2.74 bits per heavy atom. The molecule has 1 aliphatic carbocycles. The number of nitrogens with one attached hydrogen (secondary N) is 2. The predicted octanol–water partition coefficient (Wildman–Crippen LogP) is 3.74. The van der Waals surface area contributed by atoms with E-state index in [1.54, 1.807) is 31.4 Å². The minimum atomic E-state index is -0.231. The van der Waals surface area contributed by atoms with Crippen LogP contribution >= 0.6 is 11.3 Å². The molecule has 0 saturated heterocycles. The van der Waals surface area contributed by atoms with Gasteiger partial charge in [0.05, 0.1) is 18.7 Å². The normalized spacial score (nSPS) is 16.9. The summed E-state index contributed by atoms with van der Waals surface area (Å²) in [4.78, 5) is 30.7. The van der Waals surface area contributed by atoms with E-state index in [-0.39, 0.29) is 23.8 Å². The third-order valence-electron chi connectivity index (χ3n) is 4.84. The molecule has 0 fully saturated rings. The summed E-state index contributed by atoms with van der Waals surface area (Å²) >= 11 is 1.46. The smallest absolute Gasteiger partial charge is 0.257 e. The minimum Gasteiger partial charge on any atom is -0.497 e. The van der Waals surface area contributed by atoms with E-state index in [2.05, 4.69) is 15.6 Å². The molecular formula is C20H25N3O3S. The van der Waals surface area contributed by atoms with Gasteiger partial charge in [-0.15, -0.1) is 11.3 Å². The second kappa shape index (κ2) is 8.52. The summed E-state index contributed by atoms with van der Waals surface area (Å²) in [6.07, 6.45) is 3.55. The second-order valence-electron chi connectivity index (χ2n) is 6.77. The number of ether oxygens (including phenoxy) is 1. The molecule has 3 rings (SSSR count). The fraction of sp³-hybridized carbons (Fsp3) is 0.450. The van der Waals surface area contributed by atoms with Crippen LogP contribution in [-0.4, -0.2) is 29.9 Å². The van der Waals surface area contributed by atoms with Crippen molar-refractivity contribution in [3.05, 3.63) is 40.4 Å². The van der Waals surface area contributed by atoms with Gasteiger partial charge in [-0.05, 0) is 56.9 Å². The van der Waals surface area contributed by atoms with Crippen LogP contribution < -0.4 is 15.4 Å². The first kappa shape index (κ1) is 19.4. The van der Waals surface area contributed by atoms with Crippen LogP contribution in [0.5, 0.6) is 5.75 Å². The Bertz CT molecular complexity index is 816. The Labute approximate surface area is 163 Å². The summed E-state index contributed by atoms with van der Waals surface area (Å²) in [5.41, 5.74) is 1.35. The van der Waals surface area contributed by atoms with Crippen molar-refractivity contribution in [2.75, 3.05) is 12.4 Å². The number of fused-ring (bicyclic) bond motifs is 1. The molecule has 0 spiro atoms. The molecule has 2 amide bonds. The van der Waals surface area contributed by atoms with Crippen molar-refractivity contribution in [3.8, 4) is 5.75 Å². The molecule has 7 heteroatoms. The van der Waals surface area contributed by atoms with E-state index in [9.17, 15) is 9.59 Å². The van der Waals surface area contributed by atoms with E-state index in [0.717, 1.165) is 36.3 Å². The maximum atomic E-state index is 12.6. The van der Waals surface area contributed by atoms with Crippen LogP contribution in [0.4, 0.5) is 5.13 Å². The number of hydrogen-bond acceptors (Lipinski definition) is 5. The van der Waals surface area contributed by atoms with Gasteiger partial charge in [-0.3, -0.25) is 14.9 Å². The number of hydrogen-bond donors (Lipinski definition) is 2. The summed E-state index contributed by atoms with van der Waals surface area (Å²) in [5, 5.41) is 6.46. The van der Waals surface area contributed by atoms with E-state index in [1.165, 1.54) is 11.3 Å². The molecule has 2 unspecified atom stereocenters. The van der Waals surface area contributed by atoms with Crippen molar-refractivity contribution < 1.29 is 14.3 Å². The molecule has 2 N–H and O–H groups in total. The zero-order chi connectivity index (χ0) is 19.4. The summed E-state index contributed by atoms with van der Waals surface area (Å²) in [7, 11) is 1.59. The molecule has 0 aliphatic heterocycles. The van der Waals surface area contributed by atoms with Crippen molar-refractivity contribution in [2.45, 2.75) is 51.5 Å². The standard InChI is InChI=1S/C20H25N3O3S/c1-4-12(2)21-19(25)15-6-5-7-16-17(15)22-20(27-16)23-18(24)13-8-10-14(26-3)11-9-13/h8-12,15H,4-7H2,1-3H3,(H,21,25)(H,22,23,24). The molecule has 0 radical (unpaired) electrons. The maximum Gasteiger partial charge on any atom is 0.257 e. The van der Waals surface area contributed by atoms with Gasteiger partial charge < -0.3 is 10.1 Å². The lowest BCUT2D eigenvalue weighted by atomic mass is 9.90. The summed E-state index contributed by atoms with van der Waals surface area (Å²) < 4.78 is 5.11. The zero-order valence-corrected chi connectivity index (χ0v) is 16.7. The van der Waals surface area contributed by atoms with Crippen LogP contribution in [0.25, 0.3) is 0 Å². The average molecular weight is 388 g/mol. The SMILES string of the molecule is CCC(C)NC(=O)C1CCCc2sc(NC(=O)c3ccc(OC)cc3)nc21. The third kappa shape index (κ3) is 4.47. The van der Waals surface area contributed by atoms with E-state index >= 15 is 0 Å². The fourth-order valence-electron chi connectivity index (χ4n) is 3.08. The van der Waals surface area contributed by atoms with Gasteiger partial charge in [-0.1, -0.05) is 6.92 Å². The lowest BCUT2D eigenvalue weighted by Crippen LogP contribution is -2.37. The van der Waals surface area contributed by atoms with Crippen LogP contribution in [-0.2, 0) is 11.2 Å². The van der Waals surface area contributed by atoms with Gasteiger partial charge in [-0.25, -0.2) is 4.98 Å². The van der Waals surface area contributed by atoms with E-state index < -0.39 is 0 Å². The first-order valence-electron chi connectivity index (χ1n) is 9.27. The highest BCUT2D eigenvalue weighted by Gasteiger charge is 2.31. The van der Waals surface area contributed by atoms with Crippen LogP contribution in [0.15, 0.2) is 24.3 Å². The molecule has 1 aromatic carbocycles. The summed E-state index contributed by atoms with van der Waals surface area (Å²) in [6.45, 7) is 4.05. The molecule has 144 valence electrons. The van der Waals surface area contributed by atoms with Gasteiger partial charge in [0.2, 0.25) is 5.91 Å². The first-order chi connectivity index (χ1) is 13.0. The van der Waals surface area contributed by atoms with Gasteiger partial charge in [0, 0.05) is 16.5 Å². The Morgan fingerprint density at radius 1 is 1.33 bits per heavy atom. The number of benzene rings is 1. The van der Waals surface area contributed by atoms with Gasteiger partial charge in [-0.2, -0.15) is 0 Å². The molecular weight excluding hydrogens is 362 g/mol. The molecule has 1 aromatic heterocycles. The van der Waals surface area contributed by atoms with E-state index in [1.807, 2.05) is 13.8 Å². The first-order valence-corrected chi connectivity index (χ1v) is 10.1. The van der Waals surface area contributed by atoms with Gasteiger partial charge in [0.1, 0.15) is 5.75 Å². The summed E-state index contributed by atoms with van der Waals surface area (Å²) in [5.74, 6) is 0.282. The van der Waals surface area contributed by atoms with Crippen LogP contribution in [0, 0.1) is 0 Å². The molecule has 0 bridgehead atoms. The highest BCUT2D eigenvalue weighted by Crippen LogP contribution is 2.37. The molecule has 27 heavy (non-hydrogen) atoms. The van der Waals surface area contributed by atoms with Crippen molar-refractivity contribution in [2.24, 2.45) is 0 Å². The lowest BCUT2D eigenvalue weighted by molar-refractivity contribution is -0.123. The van der Waals surface area contributed by atoms with Gasteiger partial charge in [0.15, 0.2) is 5.13 Å². The Kier molecular flexibility index (Phi) is 6.11. The number of aromatic nitrogens is 1. The van der Waals surface area contributed by atoms with E-state index in [4.69, 9.17) is 4.74 Å². The minimum absolute atomic E-state index is 0.0311. The number of thiazole rings is 1. The molecule has 1 aliphatic rings. The van der Waals surface area contributed by atoms with Crippen LogP contribution in [0.2, 0.25) is 0 Å². The Balaban J connectivity index is 1.73. The number of nitrogens with zero attached hydrogens (tertiary/aromatic N) is 1. The number of methoxy groups -OCH3 is 1. The lowest BCUT2D eigenvalue weighted by Gasteiger charge is -2.22. The predicted molar refractivity (Wildman–Crippen MR) is 107 cm³/mol. The number of amides is 2. The van der Waals surface area contributed by atoms with Crippen molar-refractivity contribution in [3.63, 3.8) is 0 Å². The topological polar surface area (TPSA) is 80.3 Å². The monoisotopic (exact) mass is 387 g/mol. The average Bonchev–Trinajstić information content (AvgIpc) is 3.10. The molecule has 0 saturated carbocycles. The fourth-order valence-corrected chi connectivity index (χ4v) is 4.14. The second-order valence-corrected chi connectivity index (χ2v) is 7.86. The molecule has 2 atom stereocenters. The highest BCUT2D eigenvalue weighted by atomic mass is 32.1. The quantitative estimate of drug-likeness (QED) is 0.791. The Morgan fingerprint density at radius 2 is 2.07 bits per heavy atom. The third-order valence-corrected chi connectivity index (χ3v) is 5.89. The van der Waals surface area contributed by atoms with Crippen molar-refractivity contribution in [1.29, 1.82) is 0 Å². The molecule has 2 aromatic rings. The number of carbonyl (C=O) groups is 2. The zero-order valence-electron chi connectivity index (χ0n) is 15.9. The van der Waals surface area contributed by atoms with Gasteiger partial charge in [0.25, 0.3) is 5.91 Å². The van der Waals surface area contributed by atoms with E-state index in [0.29, 0.717) is 16.4 Å². The van der Waals surface area contributed by atoms with Crippen LogP contribution in [0.3, 0.4) is 0 Å². The number of anilines is 1. The van der Waals surface area contributed by atoms with Crippen LogP contribution in [0.1, 0.15) is 60.0 Å². The number of rotatable bonds is 6. The summed E-state index contributed by atoms with van der Waals surface area (Å²) in [6, 6.07) is 7.07. The molecule has 1 heterocycles. The van der Waals surface area contributed by atoms with Crippen molar-refractivity contribution in [1.82, 2.24) is 10.3 Å². The highest BCUT2D eigenvalue weighted by molar-refractivity contribution is 7.15. The number of carbonyl (C=O) groups excluding carboxylic acids is 2. The van der Waals surface area contributed by atoms with Gasteiger partial charge >= 0.3 is 0 Å². The van der Waals surface area contributed by atoms with Crippen molar-refractivity contribution >= 4 is 28.3 Å². The number of aryl methyl sites for hydroxylation is 1. The maximum absolute atomic E-state index is 12.6.